The summed E-state index contributed by atoms with van der Waals surface area (Å²) in [6.07, 6.45) is 1.58. The van der Waals surface area contributed by atoms with Crippen molar-refractivity contribution in [3.05, 3.63) is 47.9 Å². The molecule has 1 aromatic carbocycles. The molecule has 2 N–H and O–H groups in total. The Labute approximate surface area is 122 Å². The van der Waals surface area contributed by atoms with Crippen LogP contribution < -0.4 is 20.1 Å². The maximum absolute atomic E-state index is 11.7. The zero-order valence-corrected chi connectivity index (χ0v) is 11.4. The van der Waals surface area contributed by atoms with Crippen LogP contribution in [-0.2, 0) is 17.9 Å². The smallest absolute Gasteiger partial charge is 0.234 e. The number of furan rings is 1. The van der Waals surface area contributed by atoms with Crippen LogP contribution in [0.15, 0.2) is 41.0 Å². The second kappa shape index (κ2) is 6.32. The van der Waals surface area contributed by atoms with Gasteiger partial charge in [0.25, 0.3) is 0 Å². The molecule has 2 aromatic rings. The minimum absolute atomic E-state index is 0.0767. The van der Waals surface area contributed by atoms with Crippen LogP contribution in [0, 0.1) is 0 Å². The van der Waals surface area contributed by atoms with Crippen molar-refractivity contribution in [3.63, 3.8) is 0 Å². The van der Waals surface area contributed by atoms with Gasteiger partial charge < -0.3 is 24.5 Å². The number of hydrogen-bond donors (Lipinski definition) is 2. The molecular weight excluding hydrogens is 272 g/mol. The van der Waals surface area contributed by atoms with Crippen LogP contribution >= 0.6 is 0 Å². The van der Waals surface area contributed by atoms with E-state index in [0.717, 1.165) is 22.8 Å². The molecule has 2 heterocycles. The van der Waals surface area contributed by atoms with E-state index in [4.69, 9.17) is 13.9 Å². The van der Waals surface area contributed by atoms with Gasteiger partial charge in [-0.1, -0.05) is 6.07 Å². The third-order valence-corrected chi connectivity index (χ3v) is 3.09. The highest BCUT2D eigenvalue weighted by molar-refractivity contribution is 5.77. The number of ether oxygens (including phenoxy) is 2. The lowest BCUT2D eigenvalue weighted by molar-refractivity contribution is -0.120. The van der Waals surface area contributed by atoms with Gasteiger partial charge in [-0.05, 0) is 29.8 Å². The second-order valence-corrected chi connectivity index (χ2v) is 4.65. The van der Waals surface area contributed by atoms with Gasteiger partial charge in [-0.2, -0.15) is 0 Å². The Hall–Kier alpha value is -2.47. The van der Waals surface area contributed by atoms with Crippen molar-refractivity contribution in [3.8, 4) is 11.5 Å². The molecule has 1 amide bonds. The van der Waals surface area contributed by atoms with Gasteiger partial charge in [0, 0.05) is 6.54 Å². The highest BCUT2D eigenvalue weighted by atomic mass is 16.7. The number of nitrogens with one attached hydrogen (secondary N) is 2. The van der Waals surface area contributed by atoms with Crippen LogP contribution in [0.3, 0.4) is 0 Å². The molecular formula is C15H16N2O4. The van der Waals surface area contributed by atoms with E-state index in [9.17, 15) is 4.79 Å². The highest BCUT2D eigenvalue weighted by Crippen LogP contribution is 2.32. The third-order valence-electron chi connectivity index (χ3n) is 3.09. The van der Waals surface area contributed by atoms with Crippen LogP contribution in [0.25, 0.3) is 0 Å². The van der Waals surface area contributed by atoms with E-state index >= 15 is 0 Å². The van der Waals surface area contributed by atoms with Crippen molar-refractivity contribution in [1.29, 1.82) is 0 Å². The van der Waals surface area contributed by atoms with Crippen molar-refractivity contribution in [2.45, 2.75) is 13.1 Å². The van der Waals surface area contributed by atoms with Crippen LogP contribution in [0.2, 0.25) is 0 Å². The monoisotopic (exact) mass is 288 g/mol. The molecule has 3 rings (SSSR count). The number of rotatable bonds is 6. The standard InChI is InChI=1S/C15H16N2O4/c18-15(17-8-12-2-1-5-19-12)9-16-7-11-3-4-13-14(6-11)21-10-20-13/h1-6,16H,7-10H2,(H,17,18). The SMILES string of the molecule is O=C(CNCc1ccc2c(c1)OCO2)NCc1ccco1. The summed E-state index contributed by atoms with van der Waals surface area (Å²) >= 11 is 0. The zero-order valence-electron chi connectivity index (χ0n) is 11.4. The average Bonchev–Trinajstić information content (AvgIpc) is 3.16. The first-order valence-corrected chi connectivity index (χ1v) is 6.69. The number of fused-ring (bicyclic) bond motifs is 1. The predicted molar refractivity (Wildman–Crippen MR) is 74.8 cm³/mol. The van der Waals surface area contributed by atoms with E-state index in [1.807, 2.05) is 24.3 Å². The fourth-order valence-corrected chi connectivity index (χ4v) is 2.03. The molecule has 6 nitrogen and oxygen atoms in total. The molecule has 0 saturated carbocycles. The van der Waals surface area contributed by atoms with E-state index in [1.54, 1.807) is 12.3 Å². The van der Waals surface area contributed by atoms with Crippen LogP contribution in [0.5, 0.6) is 11.5 Å². The number of amides is 1. The zero-order chi connectivity index (χ0) is 14.5. The van der Waals surface area contributed by atoms with E-state index in [2.05, 4.69) is 10.6 Å². The Balaban J connectivity index is 1.40. The molecule has 0 atom stereocenters. The Morgan fingerprint density at radius 3 is 2.90 bits per heavy atom. The van der Waals surface area contributed by atoms with Gasteiger partial charge in [0.2, 0.25) is 12.7 Å². The molecule has 0 fully saturated rings. The third kappa shape index (κ3) is 3.55. The summed E-state index contributed by atoms with van der Waals surface area (Å²) in [7, 11) is 0. The Kier molecular flexibility index (Phi) is 4.07. The fraction of sp³-hybridized carbons (Fsp3) is 0.267. The Morgan fingerprint density at radius 1 is 1.14 bits per heavy atom. The van der Waals surface area contributed by atoms with Crippen LogP contribution in [-0.4, -0.2) is 19.2 Å². The second-order valence-electron chi connectivity index (χ2n) is 4.65. The molecule has 6 heteroatoms. The summed E-state index contributed by atoms with van der Waals surface area (Å²) in [6, 6.07) is 9.34. The topological polar surface area (TPSA) is 72.7 Å². The van der Waals surface area contributed by atoms with Crippen molar-refractivity contribution in [2.24, 2.45) is 0 Å². The maximum atomic E-state index is 11.7. The van der Waals surface area contributed by atoms with E-state index in [-0.39, 0.29) is 19.2 Å². The minimum atomic E-state index is -0.0767. The Morgan fingerprint density at radius 2 is 2.05 bits per heavy atom. The summed E-state index contributed by atoms with van der Waals surface area (Å²) in [4.78, 5) is 11.7. The molecule has 0 unspecified atom stereocenters. The van der Waals surface area contributed by atoms with E-state index in [1.165, 1.54) is 0 Å². The van der Waals surface area contributed by atoms with Crippen molar-refractivity contribution >= 4 is 5.91 Å². The van der Waals surface area contributed by atoms with E-state index in [0.29, 0.717) is 13.1 Å². The van der Waals surface area contributed by atoms with Crippen LogP contribution in [0.1, 0.15) is 11.3 Å². The molecule has 0 bridgehead atoms. The predicted octanol–water partition coefficient (Wildman–Crippen LogP) is 1.41. The number of benzene rings is 1. The molecule has 0 saturated heterocycles. The van der Waals surface area contributed by atoms with Crippen molar-refractivity contribution in [2.75, 3.05) is 13.3 Å². The summed E-state index contributed by atoms with van der Waals surface area (Å²) in [5, 5.41) is 5.86. The van der Waals surface area contributed by atoms with Gasteiger partial charge in [-0.25, -0.2) is 0 Å². The molecule has 1 aromatic heterocycles. The lowest BCUT2D eigenvalue weighted by Gasteiger charge is -2.06. The first-order valence-electron chi connectivity index (χ1n) is 6.69. The highest BCUT2D eigenvalue weighted by Gasteiger charge is 2.13. The van der Waals surface area contributed by atoms with Crippen molar-refractivity contribution in [1.82, 2.24) is 10.6 Å². The Bertz CT molecular complexity index is 610. The molecule has 0 spiro atoms. The van der Waals surface area contributed by atoms with Gasteiger partial charge in [0.1, 0.15) is 5.76 Å². The number of carbonyl (C=O) groups excluding carboxylic acids is 1. The largest absolute Gasteiger partial charge is 0.467 e. The molecule has 0 aliphatic carbocycles. The summed E-state index contributed by atoms with van der Waals surface area (Å²) < 4.78 is 15.7. The number of carbonyl (C=O) groups is 1. The van der Waals surface area contributed by atoms with Crippen molar-refractivity contribution < 1.29 is 18.7 Å². The number of hydrogen-bond acceptors (Lipinski definition) is 5. The van der Waals surface area contributed by atoms with Crippen LogP contribution in [0.4, 0.5) is 0 Å². The van der Waals surface area contributed by atoms with Gasteiger partial charge in [0.05, 0.1) is 19.4 Å². The van der Waals surface area contributed by atoms with E-state index < -0.39 is 0 Å². The lowest BCUT2D eigenvalue weighted by atomic mass is 10.2. The summed E-state index contributed by atoms with van der Waals surface area (Å²) in [6.45, 7) is 1.50. The maximum Gasteiger partial charge on any atom is 0.234 e. The molecule has 110 valence electrons. The van der Waals surface area contributed by atoms with Gasteiger partial charge in [-0.3, -0.25) is 4.79 Å². The van der Waals surface area contributed by atoms with Gasteiger partial charge in [-0.15, -0.1) is 0 Å². The molecule has 0 radical (unpaired) electrons. The molecule has 1 aliphatic heterocycles. The quantitative estimate of drug-likeness (QED) is 0.841. The normalized spacial score (nSPS) is 12.4. The molecule has 21 heavy (non-hydrogen) atoms. The fourth-order valence-electron chi connectivity index (χ4n) is 2.03. The molecule has 1 aliphatic rings. The van der Waals surface area contributed by atoms with Gasteiger partial charge in [0.15, 0.2) is 11.5 Å². The summed E-state index contributed by atoms with van der Waals surface area (Å²) in [5.41, 5.74) is 1.04. The van der Waals surface area contributed by atoms with Gasteiger partial charge >= 0.3 is 0 Å². The lowest BCUT2D eigenvalue weighted by Crippen LogP contribution is -2.33. The first-order chi connectivity index (χ1) is 10.3. The minimum Gasteiger partial charge on any atom is -0.467 e. The average molecular weight is 288 g/mol. The first kappa shape index (κ1) is 13.5. The summed E-state index contributed by atoms with van der Waals surface area (Å²) in [5.74, 6) is 2.16.